The van der Waals surface area contributed by atoms with Crippen molar-refractivity contribution in [3.05, 3.63) is 29.8 Å². The van der Waals surface area contributed by atoms with Crippen molar-refractivity contribution in [2.45, 2.75) is 49.5 Å². The maximum atomic E-state index is 12.9. The molecule has 1 unspecified atom stereocenters. The van der Waals surface area contributed by atoms with E-state index >= 15 is 0 Å². The number of hydrogen-bond donors (Lipinski definition) is 2. The van der Waals surface area contributed by atoms with Crippen LogP contribution in [-0.4, -0.2) is 75.7 Å². The molecule has 2 fully saturated rings. The lowest BCUT2D eigenvalue weighted by atomic mass is 10.2. The van der Waals surface area contributed by atoms with Gasteiger partial charge in [0.15, 0.2) is 5.96 Å². The van der Waals surface area contributed by atoms with Gasteiger partial charge in [-0.05, 0) is 37.5 Å². The summed E-state index contributed by atoms with van der Waals surface area (Å²) in [6.07, 6.45) is -2.47. The topological polar surface area (TPSA) is 77.0 Å². The maximum Gasteiger partial charge on any atom is 0.403 e. The standard InChI is InChI=1S/C19H28F3N5O2S.HI/c1-14(19(20,21)22)26-9-11-27(12-10-26)18(23-2)24-13-15-3-7-17(8-4-15)30(28,29)25-16-5-6-16;/h3-4,7-8,14,16,25H,5-6,9-13H2,1-2H3,(H,23,24);1H. The summed E-state index contributed by atoms with van der Waals surface area (Å²) >= 11 is 0. The lowest BCUT2D eigenvalue weighted by Crippen LogP contribution is -2.56. The van der Waals surface area contributed by atoms with Crippen molar-refractivity contribution in [3.63, 3.8) is 0 Å². The van der Waals surface area contributed by atoms with E-state index in [0.717, 1.165) is 18.4 Å². The van der Waals surface area contributed by atoms with E-state index < -0.39 is 22.2 Å². The van der Waals surface area contributed by atoms with E-state index in [1.807, 2.05) is 4.90 Å². The molecule has 1 aromatic carbocycles. The van der Waals surface area contributed by atoms with Gasteiger partial charge in [0, 0.05) is 45.8 Å². The van der Waals surface area contributed by atoms with E-state index in [2.05, 4.69) is 15.0 Å². The van der Waals surface area contributed by atoms with Gasteiger partial charge in [-0.25, -0.2) is 13.1 Å². The van der Waals surface area contributed by atoms with Crippen LogP contribution in [0.4, 0.5) is 13.2 Å². The minimum Gasteiger partial charge on any atom is -0.352 e. The number of piperazine rings is 1. The number of alkyl halides is 3. The Kier molecular flexibility index (Phi) is 8.99. The van der Waals surface area contributed by atoms with Crippen LogP contribution in [0.15, 0.2) is 34.2 Å². The molecule has 31 heavy (non-hydrogen) atoms. The van der Waals surface area contributed by atoms with Gasteiger partial charge in [-0.2, -0.15) is 13.2 Å². The van der Waals surface area contributed by atoms with Gasteiger partial charge in [0.1, 0.15) is 6.04 Å². The Morgan fingerprint density at radius 3 is 2.23 bits per heavy atom. The SMILES string of the molecule is CN=C(NCc1ccc(S(=O)(=O)NC2CC2)cc1)N1CCN(C(C)C(F)(F)F)CC1.I. The molecule has 3 rings (SSSR count). The monoisotopic (exact) mass is 575 g/mol. The number of guanidine groups is 1. The van der Waals surface area contributed by atoms with Gasteiger partial charge < -0.3 is 10.2 Å². The molecule has 1 saturated heterocycles. The summed E-state index contributed by atoms with van der Waals surface area (Å²) in [5, 5.41) is 3.20. The molecule has 0 radical (unpaired) electrons. The number of nitrogens with one attached hydrogen (secondary N) is 2. The molecule has 1 atom stereocenters. The summed E-state index contributed by atoms with van der Waals surface area (Å²) in [7, 11) is -1.85. The Hall–Kier alpha value is -1.12. The molecule has 7 nitrogen and oxygen atoms in total. The number of benzene rings is 1. The molecule has 176 valence electrons. The fourth-order valence-electron chi connectivity index (χ4n) is 3.32. The predicted octanol–water partition coefficient (Wildman–Crippen LogP) is 2.39. The molecule has 12 heteroatoms. The molecule has 0 spiro atoms. The molecule has 0 aromatic heterocycles. The second kappa shape index (κ2) is 10.7. The average molecular weight is 575 g/mol. The fraction of sp³-hybridized carbons (Fsp3) is 0.632. The van der Waals surface area contributed by atoms with E-state index in [4.69, 9.17) is 0 Å². The Morgan fingerprint density at radius 2 is 1.74 bits per heavy atom. The van der Waals surface area contributed by atoms with Gasteiger partial charge in [0.25, 0.3) is 0 Å². The fourth-order valence-corrected chi connectivity index (χ4v) is 4.62. The van der Waals surface area contributed by atoms with Gasteiger partial charge in [-0.1, -0.05) is 12.1 Å². The lowest BCUT2D eigenvalue weighted by Gasteiger charge is -2.39. The van der Waals surface area contributed by atoms with E-state index in [1.54, 1.807) is 31.3 Å². The molecule has 1 saturated carbocycles. The molecule has 1 aliphatic carbocycles. The van der Waals surface area contributed by atoms with Gasteiger partial charge in [0.05, 0.1) is 4.90 Å². The van der Waals surface area contributed by atoms with Crippen LogP contribution in [-0.2, 0) is 16.6 Å². The molecule has 0 bridgehead atoms. The summed E-state index contributed by atoms with van der Waals surface area (Å²) < 4.78 is 65.8. The number of halogens is 4. The highest BCUT2D eigenvalue weighted by molar-refractivity contribution is 14.0. The van der Waals surface area contributed by atoms with Crippen molar-refractivity contribution >= 4 is 40.0 Å². The molecule has 1 aliphatic heterocycles. The summed E-state index contributed by atoms with van der Waals surface area (Å²) in [4.78, 5) is 7.82. The quantitative estimate of drug-likeness (QED) is 0.310. The third kappa shape index (κ3) is 7.19. The summed E-state index contributed by atoms with van der Waals surface area (Å²) in [6, 6.07) is 5.22. The van der Waals surface area contributed by atoms with E-state index in [0.29, 0.717) is 38.7 Å². The Bertz CT molecular complexity index is 852. The van der Waals surface area contributed by atoms with Crippen LogP contribution in [0.3, 0.4) is 0 Å². The minimum absolute atomic E-state index is 0. The highest BCUT2D eigenvalue weighted by Crippen LogP contribution is 2.25. The minimum atomic E-state index is -4.23. The molecule has 0 amide bonds. The first kappa shape index (κ1) is 26.1. The number of rotatable bonds is 6. The third-order valence-corrected chi connectivity index (χ3v) is 6.97. The third-order valence-electron chi connectivity index (χ3n) is 5.43. The molecule has 1 heterocycles. The Labute approximate surface area is 198 Å². The van der Waals surface area contributed by atoms with Crippen molar-refractivity contribution in [2.75, 3.05) is 33.2 Å². The summed E-state index contributed by atoms with van der Waals surface area (Å²) in [6.45, 7) is 3.13. The summed E-state index contributed by atoms with van der Waals surface area (Å²) in [5.41, 5.74) is 0.880. The smallest absolute Gasteiger partial charge is 0.352 e. The van der Waals surface area contributed by atoms with E-state index in [9.17, 15) is 21.6 Å². The number of hydrogen-bond acceptors (Lipinski definition) is 4. The first-order valence-electron chi connectivity index (χ1n) is 9.98. The highest BCUT2D eigenvalue weighted by Gasteiger charge is 2.41. The van der Waals surface area contributed by atoms with Crippen LogP contribution in [0.2, 0.25) is 0 Å². The molecular formula is C19H29F3IN5O2S. The highest BCUT2D eigenvalue weighted by atomic mass is 127. The zero-order valence-corrected chi connectivity index (χ0v) is 20.7. The average Bonchev–Trinajstić information content (AvgIpc) is 3.51. The molecule has 1 aromatic rings. The van der Waals surface area contributed by atoms with Crippen molar-refractivity contribution in [2.24, 2.45) is 4.99 Å². The molecular weight excluding hydrogens is 546 g/mol. The van der Waals surface area contributed by atoms with Crippen LogP contribution in [0.25, 0.3) is 0 Å². The summed E-state index contributed by atoms with van der Waals surface area (Å²) in [5.74, 6) is 0.612. The lowest BCUT2D eigenvalue weighted by molar-refractivity contribution is -0.181. The van der Waals surface area contributed by atoms with Crippen molar-refractivity contribution in [3.8, 4) is 0 Å². The normalized spacial score (nSPS) is 19.6. The van der Waals surface area contributed by atoms with E-state index in [-0.39, 0.29) is 34.9 Å². The van der Waals surface area contributed by atoms with Crippen LogP contribution in [0.5, 0.6) is 0 Å². The number of aliphatic imine (C=N–C) groups is 1. The molecule has 2 N–H and O–H groups in total. The van der Waals surface area contributed by atoms with Gasteiger partial charge in [0.2, 0.25) is 10.0 Å². The second-order valence-electron chi connectivity index (χ2n) is 7.68. The van der Waals surface area contributed by atoms with Crippen LogP contribution in [0.1, 0.15) is 25.3 Å². The first-order chi connectivity index (χ1) is 14.1. The van der Waals surface area contributed by atoms with Crippen LogP contribution in [0, 0.1) is 0 Å². The Morgan fingerprint density at radius 1 is 1.16 bits per heavy atom. The van der Waals surface area contributed by atoms with Crippen molar-refractivity contribution < 1.29 is 21.6 Å². The van der Waals surface area contributed by atoms with Gasteiger partial charge in [-0.3, -0.25) is 9.89 Å². The van der Waals surface area contributed by atoms with Crippen LogP contribution >= 0.6 is 24.0 Å². The van der Waals surface area contributed by atoms with E-state index in [1.165, 1.54) is 11.8 Å². The van der Waals surface area contributed by atoms with Crippen LogP contribution < -0.4 is 10.0 Å². The zero-order valence-electron chi connectivity index (χ0n) is 17.5. The molecule has 2 aliphatic rings. The number of sulfonamides is 1. The zero-order chi connectivity index (χ0) is 21.9. The van der Waals surface area contributed by atoms with Gasteiger partial charge >= 0.3 is 6.18 Å². The maximum absolute atomic E-state index is 12.9. The Balaban J connectivity index is 0.00000341. The second-order valence-corrected chi connectivity index (χ2v) is 9.39. The van der Waals surface area contributed by atoms with Crippen molar-refractivity contribution in [1.29, 1.82) is 0 Å². The number of nitrogens with zero attached hydrogens (tertiary/aromatic N) is 3. The largest absolute Gasteiger partial charge is 0.403 e. The predicted molar refractivity (Wildman–Crippen MR) is 124 cm³/mol. The first-order valence-corrected chi connectivity index (χ1v) is 11.5. The van der Waals surface area contributed by atoms with Gasteiger partial charge in [-0.15, -0.1) is 24.0 Å². The van der Waals surface area contributed by atoms with Crippen molar-refractivity contribution in [1.82, 2.24) is 19.8 Å².